The third-order valence-electron chi connectivity index (χ3n) is 1.54. The fourth-order valence-electron chi connectivity index (χ4n) is 0.950. The van der Waals surface area contributed by atoms with Gasteiger partial charge in [0.05, 0.1) is 6.61 Å². The summed E-state index contributed by atoms with van der Waals surface area (Å²) in [6.45, 7) is 2.34. The van der Waals surface area contributed by atoms with E-state index < -0.39 is 0 Å². The zero-order valence-electron chi connectivity index (χ0n) is 7.50. The molecule has 0 aromatic carbocycles. The summed E-state index contributed by atoms with van der Waals surface area (Å²) >= 11 is 0. The molecule has 3 N–H and O–H groups in total. The van der Waals surface area contributed by atoms with Gasteiger partial charge in [0.25, 0.3) is 5.56 Å². The van der Waals surface area contributed by atoms with Crippen LogP contribution >= 0.6 is 0 Å². The summed E-state index contributed by atoms with van der Waals surface area (Å²) in [6.07, 6.45) is 0.684. The molecule has 0 fully saturated rings. The zero-order valence-corrected chi connectivity index (χ0v) is 7.50. The van der Waals surface area contributed by atoms with E-state index in [1.54, 1.807) is 0 Å². The SMILES string of the molecule is CCc1nc(NCCO)cc(=O)[nH]1. The molecule has 0 amide bonds. The molecular weight excluding hydrogens is 170 g/mol. The largest absolute Gasteiger partial charge is 0.395 e. The van der Waals surface area contributed by atoms with E-state index >= 15 is 0 Å². The van der Waals surface area contributed by atoms with Gasteiger partial charge in [-0.15, -0.1) is 0 Å². The Balaban J connectivity index is 2.82. The maximum Gasteiger partial charge on any atom is 0.252 e. The zero-order chi connectivity index (χ0) is 9.68. The standard InChI is InChI=1S/C8H13N3O2/c1-2-6-10-7(9-3-4-12)5-8(13)11-6/h5,12H,2-4H2,1H3,(H2,9,10,11,13). The second-order valence-electron chi connectivity index (χ2n) is 2.58. The molecule has 0 atom stereocenters. The van der Waals surface area contributed by atoms with Gasteiger partial charge in [-0.25, -0.2) is 4.98 Å². The van der Waals surface area contributed by atoms with Crippen molar-refractivity contribution in [1.82, 2.24) is 9.97 Å². The predicted octanol–water partition coefficient (Wildman–Crippen LogP) is -0.264. The van der Waals surface area contributed by atoms with Crippen molar-refractivity contribution in [3.8, 4) is 0 Å². The predicted molar refractivity (Wildman–Crippen MR) is 49.8 cm³/mol. The van der Waals surface area contributed by atoms with Gasteiger partial charge >= 0.3 is 0 Å². The first-order valence-electron chi connectivity index (χ1n) is 4.21. The van der Waals surface area contributed by atoms with E-state index in [0.29, 0.717) is 24.6 Å². The Labute approximate surface area is 75.8 Å². The van der Waals surface area contributed by atoms with Crippen LogP contribution in [-0.4, -0.2) is 28.2 Å². The Morgan fingerprint density at radius 2 is 2.46 bits per heavy atom. The summed E-state index contributed by atoms with van der Waals surface area (Å²) in [5.74, 6) is 1.16. The number of hydrogen-bond acceptors (Lipinski definition) is 4. The lowest BCUT2D eigenvalue weighted by Gasteiger charge is -2.03. The molecule has 0 spiro atoms. The first-order chi connectivity index (χ1) is 6.26. The first-order valence-corrected chi connectivity index (χ1v) is 4.21. The van der Waals surface area contributed by atoms with Crippen molar-refractivity contribution >= 4 is 5.82 Å². The van der Waals surface area contributed by atoms with E-state index in [1.165, 1.54) is 6.07 Å². The summed E-state index contributed by atoms with van der Waals surface area (Å²) in [6, 6.07) is 1.37. The topological polar surface area (TPSA) is 78.0 Å². The van der Waals surface area contributed by atoms with Crippen molar-refractivity contribution in [3.63, 3.8) is 0 Å². The number of anilines is 1. The van der Waals surface area contributed by atoms with Crippen LogP contribution in [0.3, 0.4) is 0 Å². The Bertz CT molecular complexity index is 321. The first kappa shape index (κ1) is 9.73. The number of nitrogens with zero attached hydrogens (tertiary/aromatic N) is 1. The lowest BCUT2D eigenvalue weighted by molar-refractivity contribution is 0.311. The lowest BCUT2D eigenvalue weighted by atomic mass is 10.4. The average molecular weight is 183 g/mol. The minimum Gasteiger partial charge on any atom is -0.395 e. The molecular formula is C8H13N3O2. The monoisotopic (exact) mass is 183 g/mol. The average Bonchev–Trinajstić information content (AvgIpc) is 2.14. The number of aryl methyl sites for hydroxylation is 1. The van der Waals surface area contributed by atoms with Crippen LogP contribution in [0.25, 0.3) is 0 Å². The van der Waals surface area contributed by atoms with E-state index in [9.17, 15) is 4.79 Å². The molecule has 13 heavy (non-hydrogen) atoms. The number of aromatic nitrogens is 2. The molecule has 5 heteroatoms. The number of hydrogen-bond donors (Lipinski definition) is 3. The van der Waals surface area contributed by atoms with Crippen LogP contribution in [0.15, 0.2) is 10.9 Å². The van der Waals surface area contributed by atoms with Crippen molar-refractivity contribution < 1.29 is 5.11 Å². The quantitative estimate of drug-likeness (QED) is 0.600. The van der Waals surface area contributed by atoms with Crippen LogP contribution in [0.1, 0.15) is 12.7 Å². The van der Waals surface area contributed by atoms with Crippen LogP contribution in [0.2, 0.25) is 0 Å². The van der Waals surface area contributed by atoms with E-state index in [4.69, 9.17) is 5.11 Å². The van der Waals surface area contributed by atoms with Crippen molar-refractivity contribution in [1.29, 1.82) is 0 Å². The minimum atomic E-state index is -0.174. The summed E-state index contributed by atoms with van der Waals surface area (Å²) in [4.78, 5) is 17.8. The van der Waals surface area contributed by atoms with E-state index in [1.807, 2.05) is 6.92 Å². The second kappa shape index (κ2) is 4.61. The van der Waals surface area contributed by atoms with Gasteiger partial charge in [0, 0.05) is 19.0 Å². The fraction of sp³-hybridized carbons (Fsp3) is 0.500. The molecule has 72 valence electrons. The van der Waals surface area contributed by atoms with E-state index in [0.717, 1.165) is 0 Å². The summed E-state index contributed by atoms with van der Waals surface area (Å²) in [7, 11) is 0. The number of aliphatic hydroxyl groups excluding tert-OH is 1. The third-order valence-corrected chi connectivity index (χ3v) is 1.54. The Morgan fingerprint density at radius 3 is 3.08 bits per heavy atom. The summed E-state index contributed by atoms with van der Waals surface area (Å²) in [5.41, 5.74) is -0.174. The number of aromatic amines is 1. The van der Waals surface area contributed by atoms with Crippen LogP contribution in [0, 0.1) is 0 Å². The van der Waals surface area contributed by atoms with Gasteiger partial charge in [-0.2, -0.15) is 0 Å². The maximum atomic E-state index is 11.0. The number of aliphatic hydroxyl groups is 1. The molecule has 1 aromatic heterocycles. The Kier molecular flexibility index (Phi) is 3.45. The van der Waals surface area contributed by atoms with Crippen LogP contribution in [0.5, 0.6) is 0 Å². The van der Waals surface area contributed by atoms with Crippen LogP contribution in [0.4, 0.5) is 5.82 Å². The molecule has 5 nitrogen and oxygen atoms in total. The Hall–Kier alpha value is -1.36. The van der Waals surface area contributed by atoms with Crippen molar-refractivity contribution in [3.05, 3.63) is 22.2 Å². The molecule has 0 saturated heterocycles. The summed E-state index contributed by atoms with van der Waals surface area (Å²) in [5, 5.41) is 11.4. The molecule has 0 radical (unpaired) electrons. The number of rotatable bonds is 4. The molecule has 0 bridgehead atoms. The lowest BCUT2D eigenvalue weighted by Crippen LogP contribution is -2.15. The highest BCUT2D eigenvalue weighted by Gasteiger charge is 1.97. The minimum absolute atomic E-state index is 0.0237. The van der Waals surface area contributed by atoms with Crippen molar-refractivity contribution in [2.24, 2.45) is 0 Å². The van der Waals surface area contributed by atoms with Gasteiger partial charge in [0.2, 0.25) is 0 Å². The molecule has 0 aliphatic heterocycles. The van der Waals surface area contributed by atoms with Crippen molar-refractivity contribution in [2.45, 2.75) is 13.3 Å². The number of H-pyrrole nitrogens is 1. The fourth-order valence-corrected chi connectivity index (χ4v) is 0.950. The Morgan fingerprint density at radius 1 is 1.69 bits per heavy atom. The van der Waals surface area contributed by atoms with Gasteiger partial charge in [-0.3, -0.25) is 4.79 Å². The molecule has 0 saturated carbocycles. The summed E-state index contributed by atoms with van der Waals surface area (Å²) < 4.78 is 0. The van der Waals surface area contributed by atoms with E-state index in [-0.39, 0.29) is 12.2 Å². The smallest absolute Gasteiger partial charge is 0.252 e. The normalized spacial score (nSPS) is 10.0. The third kappa shape index (κ3) is 2.87. The van der Waals surface area contributed by atoms with Gasteiger partial charge in [0.1, 0.15) is 11.6 Å². The maximum absolute atomic E-state index is 11.0. The van der Waals surface area contributed by atoms with Crippen molar-refractivity contribution in [2.75, 3.05) is 18.5 Å². The molecule has 0 aliphatic carbocycles. The number of nitrogens with one attached hydrogen (secondary N) is 2. The molecule has 1 heterocycles. The molecule has 1 rings (SSSR count). The van der Waals surface area contributed by atoms with Crippen LogP contribution < -0.4 is 10.9 Å². The highest BCUT2D eigenvalue weighted by atomic mass is 16.3. The van der Waals surface area contributed by atoms with Gasteiger partial charge < -0.3 is 15.4 Å². The van der Waals surface area contributed by atoms with Crippen LogP contribution in [-0.2, 0) is 6.42 Å². The highest BCUT2D eigenvalue weighted by Crippen LogP contribution is 1.97. The van der Waals surface area contributed by atoms with Gasteiger partial charge in [-0.05, 0) is 0 Å². The van der Waals surface area contributed by atoms with E-state index in [2.05, 4.69) is 15.3 Å². The molecule has 0 unspecified atom stereocenters. The molecule has 0 aliphatic rings. The highest BCUT2D eigenvalue weighted by molar-refractivity contribution is 5.32. The molecule has 1 aromatic rings. The second-order valence-corrected chi connectivity index (χ2v) is 2.58. The van der Waals surface area contributed by atoms with Gasteiger partial charge in [-0.1, -0.05) is 6.92 Å². The van der Waals surface area contributed by atoms with Gasteiger partial charge in [0.15, 0.2) is 0 Å².